The van der Waals surface area contributed by atoms with Crippen molar-refractivity contribution in [3.05, 3.63) is 75.7 Å². The Kier molecular flexibility index (Phi) is 12.5. The molecule has 1 aromatic rings. The summed E-state index contributed by atoms with van der Waals surface area (Å²) in [4.78, 5) is 66.3. The second-order valence-corrected chi connectivity index (χ2v) is 14.2. The number of nitrogens with one attached hydrogen (secondary N) is 1. The van der Waals surface area contributed by atoms with Crippen molar-refractivity contribution in [2.45, 2.75) is 92.0 Å². The quantitative estimate of drug-likeness (QED) is 0.278. The second-order valence-electron chi connectivity index (χ2n) is 14.2. The average molecular weight is 724 g/mol. The van der Waals surface area contributed by atoms with Crippen LogP contribution in [0.15, 0.2) is 47.9 Å². The van der Waals surface area contributed by atoms with Gasteiger partial charge in [-0.1, -0.05) is 52.8 Å². The molecule has 11 atom stereocenters. The number of hydrogen-bond donors (Lipinski definition) is 5. The predicted octanol–water partition coefficient (Wildman–Crippen LogP) is 3.57. The second kappa shape index (κ2) is 16.1. The Labute approximate surface area is 303 Å². The van der Waals surface area contributed by atoms with Crippen LogP contribution in [0.4, 0.5) is 0 Å². The Morgan fingerprint density at radius 2 is 1.54 bits per heavy atom. The smallest absolute Gasteiger partial charge is 0.302 e. The molecule has 13 heteroatoms. The molecule has 13 nitrogen and oxygen atoms in total. The third-order valence-electron chi connectivity index (χ3n) is 10.7. The number of hydrogen-bond acceptors (Lipinski definition) is 12. The largest absolute Gasteiger partial charge is 0.507 e. The van der Waals surface area contributed by atoms with E-state index in [0.29, 0.717) is 0 Å². The summed E-state index contributed by atoms with van der Waals surface area (Å²) in [6.45, 7) is 12.6. The predicted molar refractivity (Wildman–Crippen MR) is 188 cm³/mol. The molecule has 5 N–H and O–H groups in total. The third-order valence-corrected chi connectivity index (χ3v) is 10.7. The van der Waals surface area contributed by atoms with Crippen LogP contribution in [0.5, 0.6) is 5.75 Å². The lowest BCUT2D eigenvalue weighted by Crippen LogP contribution is -2.46. The number of rotatable bonds is 2. The number of carbonyl (C=O) groups is 5. The molecule has 0 radical (unpaired) electrons. The van der Waals surface area contributed by atoms with Crippen LogP contribution in [-0.4, -0.2) is 87.5 Å². The van der Waals surface area contributed by atoms with E-state index in [0.717, 1.165) is 6.08 Å². The molecule has 0 aromatic heterocycles. The van der Waals surface area contributed by atoms with Crippen LogP contribution in [0.2, 0.25) is 0 Å². The first-order valence-electron chi connectivity index (χ1n) is 17.3. The maximum Gasteiger partial charge on any atom is 0.302 e. The number of Topliss-reactive ketones (excluding diaryl/α,β-unsaturated/α-hetero) is 2. The lowest BCUT2D eigenvalue weighted by molar-refractivity contribution is -0.160. The van der Waals surface area contributed by atoms with Crippen LogP contribution in [0.3, 0.4) is 0 Å². The van der Waals surface area contributed by atoms with E-state index >= 15 is 0 Å². The van der Waals surface area contributed by atoms with Gasteiger partial charge in [-0.25, -0.2) is 0 Å². The molecule has 2 aliphatic heterocycles. The number of carbonyl (C=O) groups excluding carboxylic acids is 5. The van der Waals surface area contributed by atoms with Crippen LogP contribution in [0, 0.1) is 36.5 Å². The zero-order chi connectivity index (χ0) is 38.9. The van der Waals surface area contributed by atoms with Gasteiger partial charge in [0.05, 0.1) is 41.8 Å². The van der Waals surface area contributed by atoms with E-state index in [1.807, 2.05) is 0 Å². The topological polar surface area (TPSA) is 206 Å². The Balaban J connectivity index is 1.84. The van der Waals surface area contributed by atoms with Gasteiger partial charge < -0.3 is 40.0 Å². The van der Waals surface area contributed by atoms with Crippen LogP contribution in [0.1, 0.15) is 96.6 Å². The van der Waals surface area contributed by atoms with E-state index < -0.39 is 112 Å². The van der Waals surface area contributed by atoms with E-state index in [1.54, 1.807) is 39.8 Å². The lowest BCUT2D eigenvalue weighted by Gasteiger charge is -2.38. The highest BCUT2D eigenvalue weighted by molar-refractivity contribution is 6.30. The van der Waals surface area contributed by atoms with Crippen LogP contribution < -0.4 is 5.32 Å². The number of phenols is 1. The minimum Gasteiger partial charge on any atom is -0.507 e. The first-order valence-corrected chi connectivity index (χ1v) is 17.3. The number of benzene rings is 1. The maximum atomic E-state index is 13.7. The van der Waals surface area contributed by atoms with Gasteiger partial charge in [-0.05, 0) is 31.1 Å². The molecule has 0 saturated heterocycles. The summed E-state index contributed by atoms with van der Waals surface area (Å²) in [7, 11) is 1.42. The average Bonchev–Trinajstić information content (AvgIpc) is 3.36. The molecule has 52 heavy (non-hydrogen) atoms. The van der Waals surface area contributed by atoms with Crippen molar-refractivity contribution in [2.24, 2.45) is 29.6 Å². The summed E-state index contributed by atoms with van der Waals surface area (Å²) in [6.07, 6.45) is 2.68. The summed E-state index contributed by atoms with van der Waals surface area (Å²) >= 11 is 0. The Morgan fingerprint density at radius 3 is 2.15 bits per heavy atom. The Bertz CT molecular complexity index is 1760. The molecule has 0 saturated carbocycles. The number of aliphatic hydroxyl groups excluding tert-OH is 3. The van der Waals surface area contributed by atoms with Crippen molar-refractivity contribution in [3.8, 4) is 5.75 Å². The molecule has 2 heterocycles. The molecule has 1 unspecified atom stereocenters. The zero-order valence-electron chi connectivity index (χ0n) is 30.9. The third kappa shape index (κ3) is 7.54. The van der Waals surface area contributed by atoms with Crippen molar-refractivity contribution >= 4 is 29.2 Å². The van der Waals surface area contributed by atoms with E-state index in [2.05, 4.69) is 5.32 Å². The van der Waals surface area contributed by atoms with E-state index in [4.69, 9.17) is 14.2 Å². The normalized spacial score (nSPS) is 35.4. The summed E-state index contributed by atoms with van der Waals surface area (Å²) < 4.78 is 17.1. The molecule has 0 fully saturated rings. The fourth-order valence-corrected chi connectivity index (χ4v) is 7.52. The fraction of sp³-hybridized carbons (Fsp3) is 0.513. The van der Waals surface area contributed by atoms with Gasteiger partial charge in [-0.3, -0.25) is 24.0 Å². The summed E-state index contributed by atoms with van der Waals surface area (Å²) in [5.74, 6) is -8.50. The van der Waals surface area contributed by atoms with Crippen molar-refractivity contribution in [3.63, 3.8) is 0 Å². The number of aromatic hydroxyl groups is 1. The number of esters is 1. The first-order chi connectivity index (χ1) is 24.3. The fourth-order valence-electron chi connectivity index (χ4n) is 7.52. The number of allylic oxidation sites excluding steroid dienone is 4. The monoisotopic (exact) mass is 723 g/mol. The molecular formula is C39H49NO12. The summed E-state index contributed by atoms with van der Waals surface area (Å²) in [5, 5.41) is 47.7. The van der Waals surface area contributed by atoms with Gasteiger partial charge in [0.25, 0.3) is 5.91 Å². The van der Waals surface area contributed by atoms with Gasteiger partial charge in [0, 0.05) is 66.4 Å². The molecule has 5 rings (SSSR count). The molecule has 4 aliphatic rings. The van der Waals surface area contributed by atoms with Crippen LogP contribution in [0.25, 0.3) is 0 Å². The van der Waals surface area contributed by atoms with Gasteiger partial charge >= 0.3 is 5.97 Å². The van der Waals surface area contributed by atoms with E-state index in [-0.39, 0.29) is 27.8 Å². The van der Waals surface area contributed by atoms with Crippen LogP contribution in [-0.2, 0) is 23.8 Å². The number of fused-ring (bicyclic) bond motifs is 16. The van der Waals surface area contributed by atoms with Crippen LogP contribution >= 0.6 is 0 Å². The van der Waals surface area contributed by atoms with Gasteiger partial charge in [-0.2, -0.15) is 0 Å². The number of aliphatic hydroxyl groups is 3. The molecule has 1 aromatic carbocycles. The Morgan fingerprint density at radius 1 is 0.885 bits per heavy atom. The van der Waals surface area contributed by atoms with Gasteiger partial charge in [-0.15, -0.1) is 0 Å². The minimum absolute atomic E-state index is 0.0919. The first kappa shape index (κ1) is 40.3. The number of ether oxygens (including phenoxy) is 3. The number of methoxy groups -OCH3 is 1. The highest BCUT2D eigenvalue weighted by Gasteiger charge is 2.48. The SMILES string of the molecule is CO[C@H]1/C=C/O[C@@H](O)C2c3c(C)c(O)c4c(c3C(=O)[C@@H]2C)C(=O)C=C(NC(=O)/C(C)=C\C=C\[C@H](C)[C@H](O)[C@@H](C)[C@@H](O)[C@@H](C)[C@H](OC(C)=O)[C@@H]1C)C4=O. The minimum atomic E-state index is -1.66. The number of phenolic OH excluding ortho intramolecular Hbond substituents is 1. The Hall–Kier alpha value is -4.43. The van der Waals surface area contributed by atoms with Gasteiger partial charge in [0.1, 0.15) is 11.9 Å². The number of ketones is 3. The lowest BCUT2D eigenvalue weighted by atomic mass is 9.78. The van der Waals surface area contributed by atoms with Crippen molar-refractivity contribution in [1.29, 1.82) is 0 Å². The van der Waals surface area contributed by atoms with Crippen molar-refractivity contribution in [1.82, 2.24) is 5.32 Å². The molecule has 2 aliphatic carbocycles. The molecule has 1 amide bonds. The molecule has 282 valence electrons. The zero-order valence-corrected chi connectivity index (χ0v) is 30.9. The molecule has 0 spiro atoms. The summed E-state index contributed by atoms with van der Waals surface area (Å²) in [5.41, 5.74) is -0.833. The van der Waals surface area contributed by atoms with E-state index in [1.165, 1.54) is 53.2 Å². The van der Waals surface area contributed by atoms with E-state index in [9.17, 15) is 44.4 Å². The molecule has 6 bridgehead atoms. The highest BCUT2D eigenvalue weighted by Crippen LogP contribution is 2.49. The summed E-state index contributed by atoms with van der Waals surface area (Å²) in [6, 6.07) is 0. The number of amides is 1. The van der Waals surface area contributed by atoms with Gasteiger partial charge in [0.2, 0.25) is 12.1 Å². The highest BCUT2D eigenvalue weighted by atomic mass is 16.6. The maximum absolute atomic E-state index is 13.7. The van der Waals surface area contributed by atoms with Gasteiger partial charge in [0.15, 0.2) is 11.6 Å². The standard InChI is InChI=1S/C39H49NO12/c1-16-11-10-12-17(2)38(48)40-24-15-25(42)29-30-27(19(4)35(46)31(29)36(24)47)28(20(5)34(30)45)39(49)51-14-13-26(50-9)18(3)37(52-23(8)41)22(7)33(44)21(6)32(16)43/h10-16,18,20-22,26,28,32-33,37,39,43-44,46,49H,1-9H3,(H,40,48)/b11-10+,14-13+,17-12-/t16-,18+,20+,21+,22+,26-,28?,32-,33+,37+,39+/m0/s1. The van der Waals surface area contributed by atoms with Crippen molar-refractivity contribution in [2.75, 3.05) is 7.11 Å². The van der Waals surface area contributed by atoms with Crippen molar-refractivity contribution < 1.29 is 58.6 Å². The molecular weight excluding hydrogens is 674 g/mol.